The molecular weight excluding hydrogens is 326 g/mol. The molecule has 1 aliphatic heterocycles. The summed E-state index contributed by atoms with van der Waals surface area (Å²) >= 11 is 0. The van der Waals surface area contributed by atoms with Gasteiger partial charge in [-0.1, -0.05) is 30.3 Å². The lowest BCUT2D eigenvalue weighted by atomic mass is 10.1. The Bertz CT molecular complexity index is 787. The second kappa shape index (κ2) is 7.77. The SMILES string of the molecule is Cc1cc(C(=O)N2CCN(C(=O)CCc3ccccc3)CC2)c(C)n1C. The first kappa shape index (κ1) is 18.2. The summed E-state index contributed by atoms with van der Waals surface area (Å²) in [6.45, 7) is 6.41. The van der Waals surface area contributed by atoms with Gasteiger partial charge in [0.1, 0.15) is 0 Å². The number of amides is 2. The van der Waals surface area contributed by atoms with Crippen LogP contribution >= 0.6 is 0 Å². The summed E-state index contributed by atoms with van der Waals surface area (Å²) in [5.41, 5.74) is 4.04. The van der Waals surface area contributed by atoms with Gasteiger partial charge in [0.15, 0.2) is 0 Å². The van der Waals surface area contributed by atoms with E-state index in [2.05, 4.69) is 0 Å². The Morgan fingerprint density at radius 3 is 2.15 bits per heavy atom. The van der Waals surface area contributed by atoms with Crippen molar-refractivity contribution in [3.8, 4) is 0 Å². The van der Waals surface area contributed by atoms with Crippen molar-refractivity contribution in [3.63, 3.8) is 0 Å². The molecule has 0 aliphatic carbocycles. The molecular formula is C21H27N3O2. The highest BCUT2D eigenvalue weighted by atomic mass is 16.2. The molecule has 0 unspecified atom stereocenters. The fourth-order valence-corrected chi connectivity index (χ4v) is 3.46. The number of rotatable bonds is 4. The van der Waals surface area contributed by atoms with Crippen LogP contribution in [0.3, 0.4) is 0 Å². The summed E-state index contributed by atoms with van der Waals surface area (Å²) in [6.07, 6.45) is 1.29. The number of hydrogen-bond acceptors (Lipinski definition) is 2. The van der Waals surface area contributed by atoms with E-state index >= 15 is 0 Å². The van der Waals surface area contributed by atoms with Gasteiger partial charge in [0.2, 0.25) is 5.91 Å². The second-order valence-electron chi connectivity index (χ2n) is 7.00. The van der Waals surface area contributed by atoms with Crippen molar-refractivity contribution in [2.75, 3.05) is 26.2 Å². The summed E-state index contributed by atoms with van der Waals surface area (Å²) < 4.78 is 2.04. The van der Waals surface area contributed by atoms with E-state index in [1.165, 1.54) is 5.56 Å². The van der Waals surface area contributed by atoms with Crippen molar-refractivity contribution in [3.05, 3.63) is 58.9 Å². The van der Waals surface area contributed by atoms with E-state index in [0.717, 1.165) is 23.4 Å². The van der Waals surface area contributed by atoms with Gasteiger partial charge in [-0.3, -0.25) is 9.59 Å². The predicted octanol–water partition coefficient (Wildman–Crippen LogP) is 2.56. The molecule has 1 fully saturated rings. The summed E-state index contributed by atoms with van der Waals surface area (Å²) in [4.78, 5) is 29.0. The van der Waals surface area contributed by atoms with E-state index < -0.39 is 0 Å². The number of benzene rings is 1. The van der Waals surface area contributed by atoms with Gasteiger partial charge < -0.3 is 14.4 Å². The third kappa shape index (κ3) is 3.82. The van der Waals surface area contributed by atoms with Gasteiger partial charge in [-0.15, -0.1) is 0 Å². The molecule has 5 nitrogen and oxygen atoms in total. The number of carbonyl (C=O) groups is 2. The van der Waals surface area contributed by atoms with Gasteiger partial charge in [-0.05, 0) is 31.9 Å². The molecule has 138 valence electrons. The van der Waals surface area contributed by atoms with Crippen molar-refractivity contribution in [1.82, 2.24) is 14.4 Å². The molecule has 0 N–H and O–H groups in total. The first-order chi connectivity index (χ1) is 12.5. The molecule has 1 saturated heterocycles. The Labute approximate surface area is 155 Å². The minimum atomic E-state index is 0.0718. The number of aryl methyl sites for hydroxylation is 2. The largest absolute Gasteiger partial charge is 0.351 e. The van der Waals surface area contributed by atoms with Crippen LogP contribution in [0.25, 0.3) is 0 Å². The van der Waals surface area contributed by atoms with E-state index in [1.54, 1.807) is 0 Å². The van der Waals surface area contributed by atoms with Crippen LogP contribution < -0.4 is 0 Å². The minimum absolute atomic E-state index is 0.0718. The number of piperazine rings is 1. The molecule has 2 amide bonds. The van der Waals surface area contributed by atoms with Gasteiger partial charge in [-0.25, -0.2) is 0 Å². The van der Waals surface area contributed by atoms with E-state index in [1.807, 2.05) is 71.7 Å². The molecule has 2 heterocycles. The summed E-state index contributed by atoms with van der Waals surface area (Å²) in [5, 5.41) is 0. The van der Waals surface area contributed by atoms with Crippen molar-refractivity contribution in [2.45, 2.75) is 26.7 Å². The smallest absolute Gasteiger partial charge is 0.255 e. The maximum atomic E-state index is 12.8. The van der Waals surface area contributed by atoms with Crippen molar-refractivity contribution < 1.29 is 9.59 Å². The molecule has 0 saturated carbocycles. The first-order valence-electron chi connectivity index (χ1n) is 9.21. The molecule has 26 heavy (non-hydrogen) atoms. The van der Waals surface area contributed by atoms with Gasteiger partial charge in [0.05, 0.1) is 5.56 Å². The summed E-state index contributed by atoms with van der Waals surface area (Å²) in [6, 6.07) is 12.0. The average molecular weight is 353 g/mol. The molecule has 1 aromatic carbocycles. The normalized spacial score (nSPS) is 14.6. The van der Waals surface area contributed by atoms with E-state index in [-0.39, 0.29) is 11.8 Å². The average Bonchev–Trinajstić information content (AvgIpc) is 2.94. The fourth-order valence-electron chi connectivity index (χ4n) is 3.46. The van der Waals surface area contributed by atoms with Crippen LogP contribution in [0.2, 0.25) is 0 Å². The fraction of sp³-hybridized carbons (Fsp3) is 0.429. The van der Waals surface area contributed by atoms with Crippen molar-refractivity contribution in [2.24, 2.45) is 7.05 Å². The highest BCUT2D eigenvalue weighted by Crippen LogP contribution is 2.17. The summed E-state index contributed by atoms with van der Waals surface area (Å²) in [5.74, 6) is 0.246. The Balaban J connectivity index is 1.52. The van der Waals surface area contributed by atoms with Crippen molar-refractivity contribution >= 4 is 11.8 Å². The van der Waals surface area contributed by atoms with Gasteiger partial charge in [0.25, 0.3) is 5.91 Å². The zero-order chi connectivity index (χ0) is 18.7. The Morgan fingerprint density at radius 2 is 1.58 bits per heavy atom. The van der Waals surface area contributed by atoms with Crippen LogP contribution in [0.1, 0.15) is 33.7 Å². The third-order valence-corrected chi connectivity index (χ3v) is 5.40. The summed E-state index contributed by atoms with van der Waals surface area (Å²) in [7, 11) is 1.98. The minimum Gasteiger partial charge on any atom is -0.351 e. The van der Waals surface area contributed by atoms with Crippen LogP contribution in [0.4, 0.5) is 0 Å². The third-order valence-electron chi connectivity index (χ3n) is 5.40. The zero-order valence-corrected chi connectivity index (χ0v) is 15.9. The van der Waals surface area contributed by atoms with Gasteiger partial charge in [0, 0.05) is 51.0 Å². The maximum Gasteiger partial charge on any atom is 0.255 e. The Kier molecular flexibility index (Phi) is 5.45. The lowest BCUT2D eigenvalue weighted by molar-refractivity contribution is -0.132. The molecule has 0 spiro atoms. The number of carbonyl (C=O) groups excluding carboxylic acids is 2. The quantitative estimate of drug-likeness (QED) is 0.848. The second-order valence-corrected chi connectivity index (χ2v) is 7.00. The van der Waals surface area contributed by atoms with E-state index in [9.17, 15) is 9.59 Å². The highest BCUT2D eigenvalue weighted by Gasteiger charge is 2.26. The molecule has 1 aromatic heterocycles. The molecule has 3 rings (SSSR count). The Morgan fingerprint density at radius 1 is 0.962 bits per heavy atom. The topological polar surface area (TPSA) is 45.6 Å². The highest BCUT2D eigenvalue weighted by molar-refractivity contribution is 5.96. The van der Waals surface area contributed by atoms with Crippen LogP contribution in [-0.2, 0) is 18.3 Å². The molecule has 1 aliphatic rings. The van der Waals surface area contributed by atoms with E-state index in [0.29, 0.717) is 32.6 Å². The molecule has 5 heteroatoms. The predicted molar refractivity (Wildman–Crippen MR) is 102 cm³/mol. The van der Waals surface area contributed by atoms with Crippen LogP contribution in [0, 0.1) is 13.8 Å². The number of nitrogens with zero attached hydrogens (tertiary/aromatic N) is 3. The number of hydrogen-bond donors (Lipinski definition) is 0. The molecule has 2 aromatic rings. The zero-order valence-electron chi connectivity index (χ0n) is 15.9. The maximum absolute atomic E-state index is 12.8. The standard InChI is InChI=1S/C21H27N3O2/c1-16-15-19(17(2)22(16)3)21(26)24-13-11-23(12-14-24)20(25)10-9-18-7-5-4-6-8-18/h4-8,15H,9-14H2,1-3H3. The molecule has 0 bridgehead atoms. The van der Waals surface area contributed by atoms with Crippen LogP contribution in [-0.4, -0.2) is 52.4 Å². The first-order valence-corrected chi connectivity index (χ1v) is 9.21. The number of aromatic nitrogens is 1. The lowest BCUT2D eigenvalue weighted by Gasteiger charge is -2.35. The lowest BCUT2D eigenvalue weighted by Crippen LogP contribution is -2.50. The van der Waals surface area contributed by atoms with Crippen LogP contribution in [0.5, 0.6) is 0 Å². The van der Waals surface area contributed by atoms with E-state index in [4.69, 9.17) is 0 Å². The Hall–Kier alpha value is -2.56. The van der Waals surface area contributed by atoms with Crippen LogP contribution in [0.15, 0.2) is 36.4 Å². The van der Waals surface area contributed by atoms with Crippen molar-refractivity contribution in [1.29, 1.82) is 0 Å². The monoisotopic (exact) mass is 353 g/mol. The molecule has 0 radical (unpaired) electrons. The molecule has 0 atom stereocenters. The van der Waals surface area contributed by atoms with Gasteiger partial charge in [-0.2, -0.15) is 0 Å². The van der Waals surface area contributed by atoms with Gasteiger partial charge >= 0.3 is 0 Å².